The first-order valence-corrected chi connectivity index (χ1v) is 12.7. The van der Waals surface area contributed by atoms with Crippen LogP contribution in [0.2, 0.25) is 0 Å². The van der Waals surface area contributed by atoms with Gasteiger partial charge in [0.25, 0.3) is 5.91 Å². The fraction of sp³-hybridized carbons (Fsp3) is 0.345. The molecule has 8 nitrogen and oxygen atoms in total. The van der Waals surface area contributed by atoms with Crippen molar-refractivity contribution in [2.75, 3.05) is 18.5 Å². The molecular weight excluding hydrogens is 470 g/mol. The van der Waals surface area contributed by atoms with Crippen LogP contribution in [-0.2, 0) is 22.5 Å². The topological polar surface area (TPSA) is 101 Å². The minimum atomic E-state index is -0.528. The van der Waals surface area contributed by atoms with Crippen molar-refractivity contribution in [1.82, 2.24) is 9.88 Å². The third kappa shape index (κ3) is 4.70. The number of pyridine rings is 1. The van der Waals surface area contributed by atoms with Crippen LogP contribution in [-0.4, -0.2) is 58.3 Å². The standard InChI is InChI=1S/C29H29N3O5/c33-17-26-28-24(13-22(36-26)14-27(34)32-11-9-18-4-1-2-5-20(18)16-32)23-12-21(7-8-25(23)37-28)31-29(35)19-6-3-10-30-15-19/h1-8,10,12,15,22,24,26,28,33H,9,11,13-14,16-17H2,(H,31,35)/t22-,24-,26-,28+/m0/s1. The second-order valence-corrected chi connectivity index (χ2v) is 9.89. The Morgan fingerprint density at radius 3 is 2.78 bits per heavy atom. The normalized spacial score (nSPS) is 23.9. The van der Waals surface area contributed by atoms with Crippen LogP contribution in [0.1, 0.15) is 45.8 Å². The van der Waals surface area contributed by atoms with E-state index in [2.05, 4.69) is 22.4 Å². The average molecular weight is 500 g/mol. The van der Waals surface area contributed by atoms with E-state index < -0.39 is 6.10 Å². The fourth-order valence-corrected chi connectivity index (χ4v) is 5.70. The number of ether oxygens (including phenoxy) is 2. The SMILES string of the molecule is O=C(Nc1ccc2c(c1)[C@@H]1C[C@@H](CC(=O)N3CCc4ccccc4C3)O[C@@H](CO)[C@@H]1O2)c1cccnc1. The Hall–Kier alpha value is -3.75. The van der Waals surface area contributed by atoms with Crippen molar-refractivity contribution >= 4 is 17.5 Å². The Balaban J connectivity index is 1.16. The summed E-state index contributed by atoms with van der Waals surface area (Å²) in [7, 11) is 0. The van der Waals surface area contributed by atoms with Crippen LogP contribution in [0.4, 0.5) is 5.69 Å². The number of fused-ring (bicyclic) bond motifs is 4. The number of anilines is 1. The zero-order chi connectivity index (χ0) is 25.4. The number of hydrogen-bond acceptors (Lipinski definition) is 6. The molecule has 3 aliphatic rings. The Morgan fingerprint density at radius 2 is 1.97 bits per heavy atom. The van der Waals surface area contributed by atoms with Gasteiger partial charge in [-0.15, -0.1) is 0 Å². The predicted molar refractivity (Wildman–Crippen MR) is 136 cm³/mol. The van der Waals surface area contributed by atoms with Crippen molar-refractivity contribution in [3.05, 3.63) is 89.2 Å². The first-order valence-electron chi connectivity index (χ1n) is 12.7. The van der Waals surface area contributed by atoms with Crippen LogP contribution < -0.4 is 10.1 Å². The van der Waals surface area contributed by atoms with Crippen molar-refractivity contribution in [3.8, 4) is 5.75 Å². The summed E-state index contributed by atoms with van der Waals surface area (Å²) in [6.45, 7) is 1.12. The number of benzene rings is 2. The molecule has 1 saturated heterocycles. The second-order valence-electron chi connectivity index (χ2n) is 9.89. The molecule has 4 heterocycles. The first kappa shape index (κ1) is 23.6. The third-order valence-corrected chi connectivity index (χ3v) is 7.57. The Bertz CT molecular complexity index is 1310. The molecule has 8 heteroatoms. The molecule has 4 atom stereocenters. The van der Waals surface area contributed by atoms with E-state index in [1.54, 1.807) is 24.4 Å². The minimum absolute atomic E-state index is 0.0453. The van der Waals surface area contributed by atoms with E-state index in [-0.39, 0.29) is 43.0 Å². The van der Waals surface area contributed by atoms with Gasteiger partial charge in [-0.05, 0) is 54.3 Å². The van der Waals surface area contributed by atoms with Crippen LogP contribution in [0.5, 0.6) is 5.75 Å². The molecular formula is C29H29N3O5. The molecule has 0 radical (unpaired) electrons. The van der Waals surface area contributed by atoms with Crippen molar-refractivity contribution in [1.29, 1.82) is 0 Å². The summed E-state index contributed by atoms with van der Waals surface area (Å²) in [5.41, 5.74) is 4.58. The van der Waals surface area contributed by atoms with Gasteiger partial charge in [0.15, 0.2) is 0 Å². The maximum Gasteiger partial charge on any atom is 0.257 e. The molecule has 1 aromatic heterocycles. The highest BCUT2D eigenvalue weighted by molar-refractivity contribution is 6.04. The second kappa shape index (κ2) is 9.95. The number of nitrogens with one attached hydrogen (secondary N) is 1. The van der Waals surface area contributed by atoms with E-state index in [1.165, 1.54) is 17.3 Å². The number of hydrogen-bond donors (Lipinski definition) is 2. The highest BCUT2D eigenvalue weighted by Gasteiger charge is 2.46. The van der Waals surface area contributed by atoms with Crippen LogP contribution in [0.25, 0.3) is 0 Å². The van der Waals surface area contributed by atoms with Gasteiger partial charge >= 0.3 is 0 Å². The first-order chi connectivity index (χ1) is 18.1. The van der Waals surface area contributed by atoms with Crippen LogP contribution in [0.3, 0.4) is 0 Å². The lowest BCUT2D eigenvalue weighted by Gasteiger charge is -2.38. The fourth-order valence-electron chi connectivity index (χ4n) is 5.70. The molecule has 1 fully saturated rings. The average Bonchev–Trinajstić information content (AvgIpc) is 3.30. The zero-order valence-corrected chi connectivity index (χ0v) is 20.4. The summed E-state index contributed by atoms with van der Waals surface area (Å²) in [6.07, 6.45) is 3.67. The summed E-state index contributed by atoms with van der Waals surface area (Å²) in [5.74, 6) is 0.494. The molecule has 0 aliphatic carbocycles. The molecule has 3 aromatic rings. The molecule has 2 amide bonds. The molecule has 2 aromatic carbocycles. The quantitative estimate of drug-likeness (QED) is 0.559. The number of nitrogens with zero attached hydrogens (tertiary/aromatic N) is 2. The van der Waals surface area contributed by atoms with E-state index >= 15 is 0 Å². The number of carbonyl (C=O) groups excluding carboxylic acids is 2. The Kier molecular flexibility index (Phi) is 6.36. The smallest absolute Gasteiger partial charge is 0.257 e. The van der Waals surface area contributed by atoms with Gasteiger partial charge in [-0.1, -0.05) is 24.3 Å². The molecule has 0 spiro atoms. The molecule has 0 unspecified atom stereocenters. The van der Waals surface area contributed by atoms with Gasteiger partial charge in [0.05, 0.1) is 24.7 Å². The van der Waals surface area contributed by atoms with Gasteiger partial charge in [-0.2, -0.15) is 0 Å². The zero-order valence-electron chi connectivity index (χ0n) is 20.4. The molecule has 0 saturated carbocycles. The van der Waals surface area contributed by atoms with Gasteiger partial charge in [0.1, 0.15) is 18.0 Å². The van der Waals surface area contributed by atoms with E-state index in [0.29, 0.717) is 30.8 Å². The molecule has 6 rings (SSSR count). The maximum atomic E-state index is 13.2. The van der Waals surface area contributed by atoms with Crippen LogP contribution in [0, 0.1) is 0 Å². The Morgan fingerprint density at radius 1 is 1.11 bits per heavy atom. The highest BCUT2D eigenvalue weighted by Crippen LogP contribution is 2.47. The number of aliphatic hydroxyl groups excluding tert-OH is 1. The molecule has 2 N–H and O–H groups in total. The third-order valence-electron chi connectivity index (χ3n) is 7.57. The maximum absolute atomic E-state index is 13.2. The van der Waals surface area contributed by atoms with Gasteiger partial charge in [0.2, 0.25) is 5.91 Å². The largest absolute Gasteiger partial charge is 0.487 e. The number of aromatic nitrogens is 1. The Labute approximate surface area is 215 Å². The van der Waals surface area contributed by atoms with E-state index in [1.807, 2.05) is 29.2 Å². The van der Waals surface area contributed by atoms with E-state index in [4.69, 9.17) is 9.47 Å². The summed E-state index contributed by atoms with van der Waals surface area (Å²) in [6, 6.07) is 17.2. The summed E-state index contributed by atoms with van der Waals surface area (Å²) in [5, 5.41) is 13.0. The molecule has 0 bridgehead atoms. The lowest BCUT2D eigenvalue weighted by molar-refractivity contribution is -0.149. The van der Waals surface area contributed by atoms with Crippen molar-refractivity contribution in [2.24, 2.45) is 0 Å². The monoisotopic (exact) mass is 499 g/mol. The number of rotatable bonds is 5. The van der Waals surface area contributed by atoms with Gasteiger partial charge in [-0.25, -0.2) is 0 Å². The molecule has 37 heavy (non-hydrogen) atoms. The highest BCUT2D eigenvalue weighted by atomic mass is 16.6. The summed E-state index contributed by atoms with van der Waals surface area (Å²) in [4.78, 5) is 31.7. The predicted octanol–water partition coefficient (Wildman–Crippen LogP) is 3.30. The van der Waals surface area contributed by atoms with Crippen molar-refractivity contribution in [2.45, 2.75) is 50.0 Å². The van der Waals surface area contributed by atoms with Crippen LogP contribution in [0.15, 0.2) is 67.0 Å². The van der Waals surface area contributed by atoms with Crippen molar-refractivity contribution < 1.29 is 24.2 Å². The van der Waals surface area contributed by atoms with Gasteiger partial charge in [-0.3, -0.25) is 14.6 Å². The van der Waals surface area contributed by atoms with Crippen LogP contribution >= 0.6 is 0 Å². The van der Waals surface area contributed by atoms with E-state index in [0.717, 1.165) is 17.7 Å². The van der Waals surface area contributed by atoms with E-state index in [9.17, 15) is 14.7 Å². The lowest BCUT2D eigenvalue weighted by atomic mass is 9.84. The summed E-state index contributed by atoms with van der Waals surface area (Å²) >= 11 is 0. The lowest BCUT2D eigenvalue weighted by Crippen LogP contribution is -2.48. The van der Waals surface area contributed by atoms with Gasteiger partial charge < -0.3 is 24.8 Å². The number of amides is 2. The molecule has 3 aliphatic heterocycles. The summed E-state index contributed by atoms with van der Waals surface area (Å²) < 4.78 is 12.3. The minimum Gasteiger partial charge on any atom is -0.487 e. The number of carbonyl (C=O) groups is 2. The van der Waals surface area contributed by atoms with Crippen molar-refractivity contribution in [3.63, 3.8) is 0 Å². The molecule has 190 valence electrons. The van der Waals surface area contributed by atoms with Gasteiger partial charge in [0, 0.05) is 42.7 Å². The number of aliphatic hydroxyl groups is 1.